The molecule has 3 aromatic rings. The molecule has 30 heavy (non-hydrogen) atoms. The fraction of sp³-hybridized carbons (Fsp3) is 0.261. The second kappa shape index (κ2) is 9.09. The van der Waals surface area contributed by atoms with E-state index >= 15 is 0 Å². The van der Waals surface area contributed by atoms with Gasteiger partial charge in [-0.2, -0.15) is 0 Å². The zero-order valence-electron chi connectivity index (χ0n) is 16.4. The SMILES string of the molecule is O=C(O)c1csc(N(C(=O)c2ccc(Oc3ccccc3)cc2)C2CCCCC2)n1. The van der Waals surface area contributed by atoms with E-state index in [2.05, 4.69) is 4.98 Å². The van der Waals surface area contributed by atoms with Crippen LogP contribution in [0.4, 0.5) is 5.13 Å². The van der Waals surface area contributed by atoms with Gasteiger partial charge in [-0.1, -0.05) is 37.5 Å². The predicted octanol–water partition coefficient (Wildman–Crippen LogP) is 5.61. The van der Waals surface area contributed by atoms with E-state index in [4.69, 9.17) is 4.74 Å². The molecule has 0 spiro atoms. The Morgan fingerprint density at radius 1 is 0.967 bits per heavy atom. The number of thiazole rings is 1. The summed E-state index contributed by atoms with van der Waals surface area (Å²) in [6.45, 7) is 0. The van der Waals surface area contributed by atoms with Crippen LogP contribution in [0.15, 0.2) is 60.0 Å². The first-order chi connectivity index (χ1) is 14.6. The van der Waals surface area contributed by atoms with E-state index in [0.29, 0.717) is 16.4 Å². The number of hydrogen-bond donors (Lipinski definition) is 1. The Labute approximate surface area is 178 Å². The van der Waals surface area contributed by atoms with Crippen molar-refractivity contribution in [2.45, 2.75) is 38.1 Å². The number of nitrogens with zero attached hydrogens (tertiary/aromatic N) is 2. The molecule has 0 unspecified atom stereocenters. The number of carboxylic acid groups (broad SMARTS) is 1. The molecule has 0 atom stereocenters. The summed E-state index contributed by atoms with van der Waals surface area (Å²) in [6, 6.07) is 16.5. The zero-order valence-corrected chi connectivity index (χ0v) is 17.2. The third-order valence-electron chi connectivity index (χ3n) is 5.16. The van der Waals surface area contributed by atoms with E-state index < -0.39 is 5.97 Å². The van der Waals surface area contributed by atoms with E-state index in [-0.39, 0.29) is 17.6 Å². The quantitative estimate of drug-likeness (QED) is 0.558. The maximum absolute atomic E-state index is 13.4. The number of anilines is 1. The van der Waals surface area contributed by atoms with Crippen molar-refractivity contribution >= 4 is 28.3 Å². The van der Waals surface area contributed by atoms with E-state index in [1.54, 1.807) is 29.2 Å². The summed E-state index contributed by atoms with van der Waals surface area (Å²) in [6.07, 6.45) is 5.04. The molecule has 0 aliphatic heterocycles. The number of carboxylic acids is 1. The molecule has 1 heterocycles. The molecule has 1 aromatic heterocycles. The molecule has 2 aromatic carbocycles. The van der Waals surface area contributed by atoms with Crippen molar-refractivity contribution in [3.05, 3.63) is 71.2 Å². The summed E-state index contributed by atoms with van der Waals surface area (Å²) in [4.78, 5) is 30.6. The maximum Gasteiger partial charge on any atom is 0.355 e. The van der Waals surface area contributed by atoms with Crippen LogP contribution >= 0.6 is 11.3 Å². The van der Waals surface area contributed by atoms with E-state index in [0.717, 1.165) is 37.9 Å². The predicted molar refractivity (Wildman–Crippen MR) is 116 cm³/mol. The fourth-order valence-corrected chi connectivity index (χ4v) is 4.52. The van der Waals surface area contributed by atoms with Gasteiger partial charge in [-0.15, -0.1) is 11.3 Å². The van der Waals surface area contributed by atoms with Gasteiger partial charge in [0.2, 0.25) is 0 Å². The van der Waals surface area contributed by atoms with Gasteiger partial charge in [-0.3, -0.25) is 9.69 Å². The lowest BCUT2D eigenvalue weighted by Crippen LogP contribution is -2.41. The first-order valence-corrected chi connectivity index (χ1v) is 10.8. The van der Waals surface area contributed by atoms with Gasteiger partial charge in [-0.05, 0) is 49.2 Å². The van der Waals surface area contributed by atoms with Crippen molar-refractivity contribution in [1.82, 2.24) is 4.98 Å². The van der Waals surface area contributed by atoms with E-state index in [9.17, 15) is 14.7 Å². The average molecular weight is 423 g/mol. The Kier molecular flexibility index (Phi) is 6.09. The summed E-state index contributed by atoms with van der Waals surface area (Å²) in [5.41, 5.74) is 0.489. The second-order valence-corrected chi connectivity index (χ2v) is 8.06. The van der Waals surface area contributed by atoms with Crippen molar-refractivity contribution in [1.29, 1.82) is 0 Å². The number of carbonyl (C=O) groups is 2. The van der Waals surface area contributed by atoms with Gasteiger partial charge in [0.15, 0.2) is 10.8 Å². The number of ether oxygens (including phenoxy) is 1. The fourth-order valence-electron chi connectivity index (χ4n) is 3.65. The number of rotatable bonds is 6. The smallest absolute Gasteiger partial charge is 0.355 e. The molecule has 1 fully saturated rings. The molecular weight excluding hydrogens is 400 g/mol. The Bertz CT molecular complexity index is 1010. The van der Waals surface area contributed by atoms with Crippen LogP contribution in [-0.2, 0) is 0 Å². The third-order valence-corrected chi connectivity index (χ3v) is 6.00. The molecule has 154 valence electrons. The van der Waals surface area contributed by atoms with Gasteiger partial charge < -0.3 is 9.84 Å². The highest BCUT2D eigenvalue weighted by molar-refractivity contribution is 7.14. The standard InChI is InChI=1S/C23H22N2O4S/c26-21(16-11-13-19(14-12-16)29-18-9-5-2-6-10-18)25(17-7-3-1-4-8-17)23-24-20(15-30-23)22(27)28/h2,5-6,9-15,17H,1,3-4,7-8H2,(H,27,28). The van der Waals surface area contributed by atoms with Crippen LogP contribution in [0, 0.1) is 0 Å². The molecule has 0 radical (unpaired) electrons. The lowest BCUT2D eigenvalue weighted by Gasteiger charge is -2.32. The Morgan fingerprint density at radius 2 is 1.63 bits per heavy atom. The van der Waals surface area contributed by atoms with Gasteiger partial charge in [0.05, 0.1) is 0 Å². The molecule has 1 amide bonds. The number of amides is 1. The molecule has 7 heteroatoms. The summed E-state index contributed by atoms with van der Waals surface area (Å²) in [5, 5.41) is 11.1. The summed E-state index contributed by atoms with van der Waals surface area (Å²) in [5.74, 6) is 0.115. The molecular formula is C23H22N2O4S. The molecule has 1 saturated carbocycles. The van der Waals surface area contributed by atoms with Crippen molar-refractivity contribution < 1.29 is 19.4 Å². The third kappa shape index (κ3) is 4.52. The highest BCUT2D eigenvalue weighted by Gasteiger charge is 2.30. The van der Waals surface area contributed by atoms with Crippen molar-refractivity contribution in [2.24, 2.45) is 0 Å². The van der Waals surface area contributed by atoms with Crippen LogP contribution in [0.1, 0.15) is 53.0 Å². The monoisotopic (exact) mass is 422 g/mol. The highest BCUT2D eigenvalue weighted by atomic mass is 32.1. The number of hydrogen-bond acceptors (Lipinski definition) is 5. The Morgan fingerprint density at radius 3 is 2.27 bits per heavy atom. The van der Waals surface area contributed by atoms with Crippen molar-refractivity contribution in [3.8, 4) is 11.5 Å². The van der Waals surface area contributed by atoms with Gasteiger partial charge in [-0.25, -0.2) is 9.78 Å². The maximum atomic E-state index is 13.4. The van der Waals surface area contributed by atoms with Crippen LogP contribution in [0.25, 0.3) is 0 Å². The van der Waals surface area contributed by atoms with Crippen LogP contribution in [0.3, 0.4) is 0 Å². The summed E-state index contributed by atoms with van der Waals surface area (Å²) >= 11 is 1.20. The molecule has 1 aliphatic rings. The number of carbonyl (C=O) groups excluding carboxylic acids is 1. The van der Waals surface area contributed by atoms with Crippen LogP contribution in [0.2, 0.25) is 0 Å². The second-order valence-electron chi connectivity index (χ2n) is 7.23. The molecule has 0 saturated heterocycles. The lowest BCUT2D eigenvalue weighted by atomic mass is 9.94. The molecule has 4 rings (SSSR count). The zero-order chi connectivity index (χ0) is 20.9. The largest absolute Gasteiger partial charge is 0.476 e. The van der Waals surface area contributed by atoms with Gasteiger partial charge in [0.25, 0.3) is 5.91 Å². The highest BCUT2D eigenvalue weighted by Crippen LogP contribution is 2.32. The topological polar surface area (TPSA) is 79.7 Å². The Balaban J connectivity index is 1.58. The summed E-state index contributed by atoms with van der Waals surface area (Å²) < 4.78 is 5.80. The summed E-state index contributed by atoms with van der Waals surface area (Å²) in [7, 11) is 0. The minimum Gasteiger partial charge on any atom is -0.476 e. The van der Waals surface area contributed by atoms with Gasteiger partial charge in [0.1, 0.15) is 11.5 Å². The molecule has 1 N–H and O–H groups in total. The number of para-hydroxylation sites is 1. The van der Waals surface area contributed by atoms with Crippen molar-refractivity contribution in [2.75, 3.05) is 4.90 Å². The normalized spacial score (nSPS) is 14.3. The average Bonchev–Trinajstić information content (AvgIpc) is 3.26. The van der Waals surface area contributed by atoms with Crippen LogP contribution in [-0.4, -0.2) is 28.0 Å². The number of aromatic carboxylic acids is 1. The Hall–Kier alpha value is -3.19. The molecule has 1 aliphatic carbocycles. The van der Waals surface area contributed by atoms with Gasteiger partial charge >= 0.3 is 5.97 Å². The lowest BCUT2D eigenvalue weighted by molar-refractivity contribution is 0.0690. The van der Waals surface area contributed by atoms with Gasteiger partial charge in [0, 0.05) is 17.0 Å². The first kappa shape index (κ1) is 20.1. The first-order valence-electron chi connectivity index (χ1n) is 9.97. The molecule has 6 nitrogen and oxygen atoms in total. The van der Waals surface area contributed by atoms with Crippen LogP contribution < -0.4 is 9.64 Å². The number of aromatic nitrogens is 1. The number of benzene rings is 2. The minimum absolute atomic E-state index is 0.0271. The van der Waals surface area contributed by atoms with Crippen LogP contribution in [0.5, 0.6) is 11.5 Å². The van der Waals surface area contributed by atoms with Crippen molar-refractivity contribution in [3.63, 3.8) is 0 Å². The van der Waals surface area contributed by atoms with E-state index in [1.165, 1.54) is 16.7 Å². The molecule has 0 bridgehead atoms. The van der Waals surface area contributed by atoms with E-state index in [1.807, 2.05) is 30.3 Å². The minimum atomic E-state index is -1.09.